The number of benzene rings is 1. The number of carbonyl (C=O) groups is 1. The Morgan fingerprint density at radius 1 is 1.47 bits per heavy atom. The fourth-order valence-electron chi connectivity index (χ4n) is 2.18. The third-order valence-corrected chi connectivity index (χ3v) is 3.47. The molecule has 1 aliphatic rings. The number of primary amides is 1. The summed E-state index contributed by atoms with van der Waals surface area (Å²) in [5.74, 6) is -0.415. The van der Waals surface area contributed by atoms with Crippen molar-refractivity contribution in [1.82, 2.24) is 0 Å². The number of amides is 1. The third-order valence-electron chi connectivity index (χ3n) is 3.47. The van der Waals surface area contributed by atoms with Crippen molar-refractivity contribution in [1.29, 1.82) is 0 Å². The van der Waals surface area contributed by atoms with E-state index in [-0.39, 0.29) is 17.3 Å². The molecule has 1 aromatic carbocycles. The number of rotatable bonds is 5. The minimum Gasteiger partial charge on any atom is -0.398 e. The first-order chi connectivity index (χ1) is 8.90. The molecule has 19 heavy (non-hydrogen) atoms. The predicted octanol–water partition coefficient (Wildman–Crippen LogP) is 2.13. The Hall–Kier alpha value is -1.78. The van der Waals surface area contributed by atoms with Crippen LogP contribution in [0, 0.1) is 11.7 Å². The standard InChI is InChI=1S/C14H20FN3O/c1-8(2)18(7-9-3-4-9)13-5-10(14(17)19)12(16)6-11(13)15/h5-6,8-9H,3-4,7,16H2,1-2H3,(H2,17,19). The largest absolute Gasteiger partial charge is 0.398 e. The Morgan fingerprint density at radius 3 is 2.58 bits per heavy atom. The first kappa shape index (κ1) is 13.6. The lowest BCUT2D eigenvalue weighted by Crippen LogP contribution is -2.34. The van der Waals surface area contributed by atoms with Crippen molar-refractivity contribution < 1.29 is 9.18 Å². The summed E-state index contributed by atoms with van der Waals surface area (Å²) >= 11 is 0. The maximum absolute atomic E-state index is 14.1. The summed E-state index contributed by atoms with van der Waals surface area (Å²) in [6, 6.07) is 2.80. The lowest BCUT2D eigenvalue weighted by molar-refractivity contribution is 0.100. The molecule has 0 aliphatic heterocycles. The molecule has 1 saturated carbocycles. The molecule has 0 heterocycles. The van der Waals surface area contributed by atoms with Crippen molar-refractivity contribution >= 4 is 17.3 Å². The molecule has 0 radical (unpaired) electrons. The van der Waals surface area contributed by atoms with Crippen molar-refractivity contribution in [3.8, 4) is 0 Å². The monoisotopic (exact) mass is 265 g/mol. The summed E-state index contributed by atoms with van der Waals surface area (Å²) in [6.07, 6.45) is 2.37. The van der Waals surface area contributed by atoms with Crippen molar-refractivity contribution in [3.05, 3.63) is 23.5 Å². The number of nitrogen functional groups attached to an aromatic ring is 1. The van der Waals surface area contributed by atoms with Gasteiger partial charge in [0.15, 0.2) is 0 Å². The van der Waals surface area contributed by atoms with Gasteiger partial charge in [0.05, 0.1) is 11.3 Å². The van der Waals surface area contributed by atoms with E-state index in [1.165, 1.54) is 25.0 Å². The summed E-state index contributed by atoms with van der Waals surface area (Å²) in [5, 5.41) is 0. The van der Waals surface area contributed by atoms with Gasteiger partial charge in [-0.1, -0.05) is 0 Å². The van der Waals surface area contributed by atoms with Crippen molar-refractivity contribution in [2.75, 3.05) is 17.2 Å². The molecule has 0 spiro atoms. The molecular weight excluding hydrogens is 245 g/mol. The molecule has 1 aliphatic carbocycles. The molecule has 0 bridgehead atoms. The quantitative estimate of drug-likeness (QED) is 0.801. The molecular formula is C14H20FN3O. The van der Waals surface area contributed by atoms with E-state index in [1.807, 2.05) is 18.7 Å². The zero-order valence-electron chi connectivity index (χ0n) is 11.3. The molecule has 104 valence electrons. The SMILES string of the molecule is CC(C)N(CC1CC1)c1cc(C(N)=O)c(N)cc1F. The van der Waals surface area contributed by atoms with Gasteiger partial charge in [0.1, 0.15) is 5.82 Å². The van der Waals surface area contributed by atoms with Gasteiger partial charge in [-0.05, 0) is 44.7 Å². The van der Waals surface area contributed by atoms with Crippen LogP contribution in [0.3, 0.4) is 0 Å². The molecule has 1 aromatic rings. The van der Waals surface area contributed by atoms with Crippen LogP contribution in [0.1, 0.15) is 37.0 Å². The van der Waals surface area contributed by atoms with Crippen molar-refractivity contribution in [2.45, 2.75) is 32.7 Å². The van der Waals surface area contributed by atoms with Gasteiger partial charge < -0.3 is 16.4 Å². The van der Waals surface area contributed by atoms with Gasteiger partial charge in [-0.3, -0.25) is 4.79 Å². The fraction of sp³-hybridized carbons (Fsp3) is 0.500. The maximum atomic E-state index is 14.1. The second-order valence-electron chi connectivity index (χ2n) is 5.44. The second kappa shape index (κ2) is 5.07. The zero-order valence-corrected chi connectivity index (χ0v) is 11.3. The molecule has 2 rings (SSSR count). The number of hydrogen-bond acceptors (Lipinski definition) is 3. The van der Waals surface area contributed by atoms with E-state index in [2.05, 4.69) is 0 Å². The van der Waals surface area contributed by atoms with Crippen LogP contribution in [0.2, 0.25) is 0 Å². The molecule has 0 saturated heterocycles. The molecule has 5 heteroatoms. The average Bonchev–Trinajstić information content (AvgIpc) is 3.09. The Kier molecular flexibility index (Phi) is 3.64. The predicted molar refractivity (Wildman–Crippen MR) is 74.5 cm³/mol. The summed E-state index contributed by atoms with van der Waals surface area (Å²) < 4.78 is 14.1. The van der Waals surface area contributed by atoms with Gasteiger partial charge >= 0.3 is 0 Å². The molecule has 0 atom stereocenters. The molecule has 1 amide bonds. The fourth-order valence-corrected chi connectivity index (χ4v) is 2.18. The number of anilines is 2. The van der Waals surface area contributed by atoms with Crippen LogP contribution >= 0.6 is 0 Å². The molecule has 0 aromatic heterocycles. The van der Waals surface area contributed by atoms with E-state index < -0.39 is 11.7 Å². The van der Waals surface area contributed by atoms with E-state index in [0.717, 1.165) is 6.54 Å². The Bertz CT molecular complexity index is 498. The van der Waals surface area contributed by atoms with Gasteiger partial charge in [0.25, 0.3) is 5.91 Å². The third kappa shape index (κ3) is 2.97. The Morgan fingerprint density at radius 2 is 2.11 bits per heavy atom. The van der Waals surface area contributed by atoms with Crippen LogP contribution < -0.4 is 16.4 Å². The normalized spacial score (nSPS) is 14.7. The summed E-state index contributed by atoms with van der Waals surface area (Å²) in [6.45, 7) is 4.81. The van der Waals surface area contributed by atoms with E-state index in [0.29, 0.717) is 11.6 Å². The zero-order chi connectivity index (χ0) is 14.2. The highest BCUT2D eigenvalue weighted by molar-refractivity contribution is 5.99. The lowest BCUT2D eigenvalue weighted by atomic mass is 10.1. The van der Waals surface area contributed by atoms with E-state index >= 15 is 0 Å². The number of nitrogens with zero attached hydrogens (tertiary/aromatic N) is 1. The average molecular weight is 265 g/mol. The highest BCUT2D eigenvalue weighted by Crippen LogP contribution is 2.34. The van der Waals surface area contributed by atoms with Crippen molar-refractivity contribution in [3.63, 3.8) is 0 Å². The molecule has 4 nitrogen and oxygen atoms in total. The number of carbonyl (C=O) groups excluding carboxylic acids is 1. The topological polar surface area (TPSA) is 72.3 Å². The molecule has 0 unspecified atom stereocenters. The van der Waals surface area contributed by atoms with E-state index in [9.17, 15) is 9.18 Å². The van der Waals surface area contributed by atoms with Crippen LogP contribution in [-0.2, 0) is 0 Å². The second-order valence-corrected chi connectivity index (χ2v) is 5.44. The van der Waals surface area contributed by atoms with E-state index in [1.54, 1.807) is 0 Å². The highest BCUT2D eigenvalue weighted by Gasteiger charge is 2.27. The molecule has 1 fully saturated rings. The summed E-state index contributed by atoms with van der Waals surface area (Å²) in [7, 11) is 0. The summed E-state index contributed by atoms with van der Waals surface area (Å²) in [5.41, 5.74) is 11.6. The van der Waals surface area contributed by atoms with Crippen LogP contribution in [-0.4, -0.2) is 18.5 Å². The number of hydrogen-bond donors (Lipinski definition) is 2. The van der Waals surface area contributed by atoms with Gasteiger partial charge in [0.2, 0.25) is 0 Å². The Labute approximate surface area is 112 Å². The highest BCUT2D eigenvalue weighted by atomic mass is 19.1. The minimum atomic E-state index is -0.631. The minimum absolute atomic E-state index is 0.0869. The van der Waals surface area contributed by atoms with E-state index in [4.69, 9.17) is 11.5 Å². The smallest absolute Gasteiger partial charge is 0.250 e. The van der Waals surface area contributed by atoms with Crippen LogP contribution in [0.25, 0.3) is 0 Å². The first-order valence-electron chi connectivity index (χ1n) is 6.55. The van der Waals surface area contributed by atoms with Gasteiger partial charge in [0, 0.05) is 18.3 Å². The lowest BCUT2D eigenvalue weighted by Gasteiger charge is -2.30. The first-order valence-corrected chi connectivity index (χ1v) is 6.55. The Balaban J connectivity index is 2.39. The van der Waals surface area contributed by atoms with Crippen LogP contribution in [0.4, 0.5) is 15.8 Å². The summed E-state index contributed by atoms with van der Waals surface area (Å²) in [4.78, 5) is 13.3. The maximum Gasteiger partial charge on any atom is 0.250 e. The van der Waals surface area contributed by atoms with Gasteiger partial charge in [-0.25, -0.2) is 4.39 Å². The van der Waals surface area contributed by atoms with Crippen LogP contribution in [0.15, 0.2) is 12.1 Å². The number of halogens is 1. The van der Waals surface area contributed by atoms with Gasteiger partial charge in [-0.15, -0.1) is 0 Å². The van der Waals surface area contributed by atoms with Gasteiger partial charge in [-0.2, -0.15) is 0 Å². The molecule has 4 N–H and O–H groups in total. The van der Waals surface area contributed by atoms with Crippen LogP contribution in [0.5, 0.6) is 0 Å². The number of nitrogens with two attached hydrogens (primary N) is 2. The van der Waals surface area contributed by atoms with Crippen molar-refractivity contribution in [2.24, 2.45) is 11.7 Å².